The molecular weight excluding hydrogens is 322 g/mol. The third kappa shape index (κ3) is 3.20. The SMILES string of the molecule is CCN(CC)c1cc(C)c2nc3c(C)cc(=[N+](CC)CC)cc-3oc2c1. The number of benzene rings is 2. The first-order valence-corrected chi connectivity index (χ1v) is 9.71. The largest absolute Gasteiger partial charge is 0.452 e. The molecule has 1 aromatic rings. The van der Waals surface area contributed by atoms with E-state index < -0.39 is 0 Å². The summed E-state index contributed by atoms with van der Waals surface area (Å²) in [4.78, 5) is 7.29. The molecule has 2 aliphatic rings. The van der Waals surface area contributed by atoms with E-state index in [0.29, 0.717) is 0 Å². The average molecular weight is 353 g/mol. The molecule has 0 spiro atoms. The summed E-state index contributed by atoms with van der Waals surface area (Å²) < 4.78 is 8.69. The number of nitrogens with zero attached hydrogens (tertiary/aromatic N) is 3. The molecule has 1 aliphatic carbocycles. The van der Waals surface area contributed by atoms with Gasteiger partial charge in [0.25, 0.3) is 0 Å². The van der Waals surface area contributed by atoms with E-state index in [1.165, 1.54) is 11.0 Å². The molecule has 0 saturated carbocycles. The Hall–Kier alpha value is -2.36. The fourth-order valence-electron chi connectivity index (χ4n) is 3.67. The lowest BCUT2D eigenvalue weighted by molar-refractivity contribution is 0.598. The summed E-state index contributed by atoms with van der Waals surface area (Å²) in [5.74, 6) is 0.857. The number of anilines is 1. The highest BCUT2D eigenvalue weighted by atomic mass is 16.3. The molecule has 0 radical (unpaired) electrons. The van der Waals surface area contributed by atoms with Gasteiger partial charge >= 0.3 is 0 Å². The summed E-state index contributed by atoms with van der Waals surface area (Å²) >= 11 is 0. The second kappa shape index (κ2) is 7.48. The van der Waals surface area contributed by atoms with Gasteiger partial charge < -0.3 is 9.32 Å². The van der Waals surface area contributed by atoms with E-state index >= 15 is 0 Å². The lowest BCUT2D eigenvalue weighted by atomic mass is 10.1. The Bertz CT molecular complexity index is 961. The Morgan fingerprint density at radius 3 is 2.23 bits per heavy atom. The molecule has 0 aromatic heterocycles. The minimum atomic E-state index is 0.857. The highest BCUT2D eigenvalue weighted by Gasteiger charge is 2.17. The standard InChI is InChI=1S/C22H30N3O/c1-7-24(8-2)17-11-15(5)21-19(13-17)26-20-14-18(25(9-3)10-4)12-16(6)22(20)23-21/h11-14H,7-10H2,1-6H3/q+1. The zero-order valence-electron chi connectivity index (χ0n) is 16.9. The van der Waals surface area contributed by atoms with Gasteiger partial charge in [-0.3, -0.25) is 0 Å². The van der Waals surface area contributed by atoms with Crippen molar-refractivity contribution in [3.05, 3.63) is 40.7 Å². The molecule has 0 saturated heterocycles. The maximum Gasteiger partial charge on any atom is 0.204 e. The fourth-order valence-corrected chi connectivity index (χ4v) is 3.67. The molecule has 0 unspecified atom stereocenters. The van der Waals surface area contributed by atoms with Gasteiger partial charge in [0, 0.05) is 30.9 Å². The van der Waals surface area contributed by atoms with Crippen molar-refractivity contribution in [3.8, 4) is 11.5 Å². The van der Waals surface area contributed by atoms with Crippen LogP contribution in [-0.4, -0.2) is 31.2 Å². The van der Waals surface area contributed by atoms with Gasteiger partial charge in [-0.2, -0.15) is 0 Å². The second-order valence-electron chi connectivity index (χ2n) is 6.78. The summed E-state index contributed by atoms with van der Waals surface area (Å²) in [6.45, 7) is 16.9. The van der Waals surface area contributed by atoms with E-state index in [1.54, 1.807) is 0 Å². The molecule has 0 fully saturated rings. The fraction of sp³-hybridized carbons (Fsp3) is 0.455. The molecule has 138 valence electrons. The number of aryl methyl sites for hydroxylation is 2. The van der Waals surface area contributed by atoms with Crippen LogP contribution in [0.4, 0.5) is 5.69 Å². The number of hydrogen-bond acceptors (Lipinski definition) is 3. The summed E-state index contributed by atoms with van der Waals surface area (Å²) in [6.07, 6.45) is 0. The minimum Gasteiger partial charge on any atom is -0.452 e. The van der Waals surface area contributed by atoms with Gasteiger partial charge in [0.2, 0.25) is 5.36 Å². The first kappa shape index (κ1) is 18.4. The molecule has 3 rings (SSSR count). The van der Waals surface area contributed by atoms with Crippen LogP contribution in [0.1, 0.15) is 38.8 Å². The van der Waals surface area contributed by atoms with Crippen LogP contribution in [0.2, 0.25) is 0 Å². The van der Waals surface area contributed by atoms with Crippen LogP contribution < -0.4 is 14.8 Å². The zero-order chi connectivity index (χ0) is 18.8. The van der Waals surface area contributed by atoms with E-state index in [9.17, 15) is 0 Å². The number of fused-ring (bicyclic) bond motifs is 2. The van der Waals surface area contributed by atoms with Crippen LogP contribution in [-0.2, 0) is 0 Å². The molecule has 4 heteroatoms. The van der Waals surface area contributed by atoms with Gasteiger partial charge in [-0.15, -0.1) is 0 Å². The molecule has 1 aliphatic heterocycles. The van der Waals surface area contributed by atoms with Gasteiger partial charge in [0.05, 0.1) is 6.07 Å². The topological polar surface area (TPSA) is 32.3 Å². The summed E-state index contributed by atoms with van der Waals surface area (Å²) in [5.41, 5.74) is 6.26. The molecule has 1 aromatic carbocycles. The zero-order valence-corrected chi connectivity index (χ0v) is 16.9. The van der Waals surface area contributed by atoms with E-state index in [-0.39, 0.29) is 0 Å². The van der Waals surface area contributed by atoms with Crippen LogP contribution in [0.25, 0.3) is 22.6 Å². The average Bonchev–Trinajstić information content (AvgIpc) is 2.63. The Morgan fingerprint density at radius 1 is 0.923 bits per heavy atom. The molecular formula is C22H30N3O+. The Balaban J connectivity index is 2.32. The molecule has 26 heavy (non-hydrogen) atoms. The van der Waals surface area contributed by atoms with Crippen LogP contribution in [0, 0.1) is 13.8 Å². The van der Waals surface area contributed by atoms with Gasteiger partial charge in [-0.1, -0.05) is 0 Å². The van der Waals surface area contributed by atoms with Crippen molar-refractivity contribution < 1.29 is 4.42 Å². The van der Waals surface area contributed by atoms with E-state index in [4.69, 9.17) is 9.40 Å². The maximum atomic E-state index is 6.35. The lowest BCUT2D eigenvalue weighted by Crippen LogP contribution is -2.30. The first-order chi connectivity index (χ1) is 12.5. The lowest BCUT2D eigenvalue weighted by Gasteiger charge is -2.22. The summed E-state index contributed by atoms with van der Waals surface area (Å²) in [5, 5.41) is 1.20. The highest BCUT2D eigenvalue weighted by Crippen LogP contribution is 2.31. The molecule has 0 bridgehead atoms. The third-order valence-electron chi connectivity index (χ3n) is 5.20. The van der Waals surface area contributed by atoms with Crippen molar-refractivity contribution in [1.82, 2.24) is 9.56 Å². The van der Waals surface area contributed by atoms with E-state index in [1.807, 2.05) is 0 Å². The van der Waals surface area contributed by atoms with Crippen LogP contribution in [0.3, 0.4) is 0 Å². The Morgan fingerprint density at radius 2 is 1.62 bits per heavy atom. The van der Waals surface area contributed by atoms with Gasteiger partial charge in [0.1, 0.15) is 24.3 Å². The van der Waals surface area contributed by atoms with Crippen LogP contribution >= 0.6 is 0 Å². The van der Waals surface area contributed by atoms with Gasteiger partial charge in [0.15, 0.2) is 11.3 Å². The van der Waals surface area contributed by atoms with Crippen molar-refractivity contribution in [1.29, 1.82) is 0 Å². The highest BCUT2D eigenvalue weighted by molar-refractivity contribution is 5.83. The van der Waals surface area contributed by atoms with Gasteiger partial charge in [-0.05, 0) is 58.7 Å². The molecule has 0 N–H and O–H groups in total. The predicted octanol–water partition coefficient (Wildman–Crippen LogP) is 4.21. The quantitative estimate of drug-likeness (QED) is 0.509. The summed E-state index contributed by atoms with van der Waals surface area (Å²) in [6, 6.07) is 8.68. The number of aromatic nitrogens is 1. The van der Waals surface area contributed by atoms with E-state index in [0.717, 1.165) is 59.9 Å². The van der Waals surface area contributed by atoms with Gasteiger partial charge in [-0.25, -0.2) is 9.56 Å². The monoisotopic (exact) mass is 352 g/mol. The first-order valence-electron chi connectivity index (χ1n) is 9.71. The van der Waals surface area contributed by atoms with Crippen LogP contribution in [0.5, 0.6) is 0 Å². The molecule has 1 heterocycles. The number of hydrogen-bond donors (Lipinski definition) is 0. The summed E-state index contributed by atoms with van der Waals surface area (Å²) in [7, 11) is 0. The third-order valence-corrected chi connectivity index (χ3v) is 5.20. The normalized spacial score (nSPS) is 11.3. The second-order valence-corrected chi connectivity index (χ2v) is 6.78. The molecule has 0 amide bonds. The minimum absolute atomic E-state index is 0.857. The number of rotatable bonds is 5. The molecule has 4 nitrogen and oxygen atoms in total. The van der Waals surface area contributed by atoms with Crippen molar-refractivity contribution in [2.24, 2.45) is 0 Å². The van der Waals surface area contributed by atoms with Crippen molar-refractivity contribution in [2.45, 2.75) is 41.5 Å². The maximum absolute atomic E-state index is 6.35. The smallest absolute Gasteiger partial charge is 0.204 e. The van der Waals surface area contributed by atoms with Crippen molar-refractivity contribution in [3.63, 3.8) is 0 Å². The Kier molecular flexibility index (Phi) is 5.30. The van der Waals surface area contributed by atoms with Crippen molar-refractivity contribution >= 4 is 16.8 Å². The molecule has 0 atom stereocenters. The van der Waals surface area contributed by atoms with Crippen molar-refractivity contribution in [2.75, 3.05) is 31.1 Å². The van der Waals surface area contributed by atoms with Crippen LogP contribution in [0.15, 0.2) is 28.7 Å². The van der Waals surface area contributed by atoms with E-state index in [2.05, 4.69) is 75.3 Å². The predicted molar refractivity (Wildman–Crippen MR) is 110 cm³/mol. The Labute approximate surface area is 156 Å².